The zero-order chi connectivity index (χ0) is 14.6. The maximum Gasteiger partial charge on any atom is 0.305 e. The van der Waals surface area contributed by atoms with Crippen LogP contribution in [0, 0.1) is 0 Å². The fraction of sp³-hybridized carbons (Fsp3) is 0.385. The van der Waals surface area contributed by atoms with Crippen LogP contribution in [0.15, 0.2) is 18.2 Å². The van der Waals surface area contributed by atoms with Crippen LogP contribution in [0.25, 0.3) is 0 Å². The molecule has 0 atom stereocenters. The molecule has 0 radical (unpaired) electrons. The average molecular weight is 304 g/mol. The molecule has 0 aliphatic rings. The first-order valence-electron chi connectivity index (χ1n) is 5.80. The van der Waals surface area contributed by atoms with Crippen molar-refractivity contribution < 1.29 is 14.7 Å². The minimum absolute atomic E-state index is 0.0920. The fourth-order valence-corrected chi connectivity index (χ4v) is 1.90. The molecule has 0 unspecified atom stereocenters. The van der Waals surface area contributed by atoms with E-state index >= 15 is 0 Å². The Balaban J connectivity index is 2.92. The summed E-state index contributed by atoms with van der Waals surface area (Å²) in [7, 11) is 0. The lowest BCUT2D eigenvalue weighted by atomic mass is 10.1. The number of carbonyl (C=O) groups is 2. The molecule has 0 aromatic heterocycles. The van der Waals surface area contributed by atoms with Crippen LogP contribution in [0.1, 0.15) is 30.6 Å². The van der Waals surface area contributed by atoms with Gasteiger partial charge in [0.25, 0.3) is 5.91 Å². The summed E-state index contributed by atoms with van der Waals surface area (Å²) in [6.45, 7) is 3.82. The molecule has 0 saturated carbocycles. The number of aliphatic carboxylic acids is 1. The largest absolute Gasteiger partial charge is 0.481 e. The van der Waals surface area contributed by atoms with Gasteiger partial charge in [-0.1, -0.05) is 23.2 Å². The monoisotopic (exact) mass is 303 g/mol. The van der Waals surface area contributed by atoms with Crippen LogP contribution < -0.4 is 0 Å². The summed E-state index contributed by atoms with van der Waals surface area (Å²) in [5.74, 6) is -1.19. The third-order valence-electron chi connectivity index (χ3n) is 2.62. The Morgan fingerprint density at radius 3 is 2.37 bits per heavy atom. The molecule has 0 bridgehead atoms. The molecular formula is C13H15Cl2NO3. The molecule has 1 aromatic rings. The zero-order valence-electron chi connectivity index (χ0n) is 10.7. The summed E-state index contributed by atoms with van der Waals surface area (Å²) in [6.07, 6.45) is -0.0920. The van der Waals surface area contributed by atoms with E-state index < -0.39 is 5.97 Å². The first kappa shape index (κ1) is 15.8. The van der Waals surface area contributed by atoms with E-state index in [1.165, 1.54) is 11.0 Å². The number of amides is 1. The second kappa shape index (κ2) is 6.78. The van der Waals surface area contributed by atoms with Crippen molar-refractivity contribution in [1.29, 1.82) is 0 Å². The highest BCUT2D eigenvalue weighted by Crippen LogP contribution is 2.23. The van der Waals surface area contributed by atoms with Crippen molar-refractivity contribution in [3.05, 3.63) is 33.8 Å². The highest BCUT2D eigenvalue weighted by Gasteiger charge is 2.20. The van der Waals surface area contributed by atoms with Gasteiger partial charge in [-0.05, 0) is 32.0 Å². The molecule has 6 heteroatoms. The molecule has 0 aliphatic heterocycles. The van der Waals surface area contributed by atoms with E-state index in [-0.39, 0.29) is 24.9 Å². The number of hydrogen-bond donors (Lipinski definition) is 1. The standard InChI is InChI=1S/C13H15Cl2NO3/c1-8(2)16(6-5-12(17)18)13(19)9-3-4-10(14)11(15)7-9/h3-4,7-8H,5-6H2,1-2H3,(H,17,18). The summed E-state index contributed by atoms with van der Waals surface area (Å²) in [6, 6.07) is 4.52. The predicted molar refractivity (Wildman–Crippen MR) is 74.9 cm³/mol. The Morgan fingerprint density at radius 2 is 1.89 bits per heavy atom. The second-order valence-electron chi connectivity index (χ2n) is 4.36. The van der Waals surface area contributed by atoms with Gasteiger partial charge in [-0.2, -0.15) is 0 Å². The zero-order valence-corrected chi connectivity index (χ0v) is 12.2. The molecule has 1 aromatic carbocycles. The summed E-state index contributed by atoms with van der Waals surface area (Å²) in [4.78, 5) is 24.4. The fourth-order valence-electron chi connectivity index (χ4n) is 1.61. The molecule has 0 aliphatic carbocycles. The van der Waals surface area contributed by atoms with Crippen LogP contribution >= 0.6 is 23.2 Å². The molecule has 104 valence electrons. The van der Waals surface area contributed by atoms with Crippen molar-refractivity contribution in [1.82, 2.24) is 4.90 Å². The van der Waals surface area contributed by atoms with Crippen molar-refractivity contribution >= 4 is 35.1 Å². The SMILES string of the molecule is CC(C)N(CCC(=O)O)C(=O)c1ccc(Cl)c(Cl)c1. The number of nitrogens with zero attached hydrogens (tertiary/aromatic N) is 1. The predicted octanol–water partition coefficient (Wildman–Crippen LogP) is 3.32. The first-order valence-corrected chi connectivity index (χ1v) is 6.56. The molecule has 0 fully saturated rings. The highest BCUT2D eigenvalue weighted by atomic mass is 35.5. The molecule has 0 saturated heterocycles. The minimum Gasteiger partial charge on any atom is -0.481 e. The van der Waals surface area contributed by atoms with Crippen molar-refractivity contribution in [2.45, 2.75) is 26.3 Å². The van der Waals surface area contributed by atoms with Gasteiger partial charge in [-0.15, -0.1) is 0 Å². The highest BCUT2D eigenvalue weighted by molar-refractivity contribution is 6.42. The van der Waals surface area contributed by atoms with Crippen molar-refractivity contribution in [3.8, 4) is 0 Å². The van der Waals surface area contributed by atoms with E-state index in [1.54, 1.807) is 12.1 Å². The van der Waals surface area contributed by atoms with E-state index in [2.05, 4.69) is 0 Å². The molecular weight excluding hydrogens is 289 g/mol. The van der Waals surface area contributed by atoms with Crippen molar-refractivity contribution in [3.63, 3.8) is 0 Å². The van der Waals surface area contributed by atoms with Crippen LogP contribution in [-0.2, 0) is 4.79 Å². The van der Waals surface area contributed by atoms with Crippen LogP contribution in [0.5, 0.6) is 0 Å². The summed E-state index contributed by atoms with van der Waals surface area (Å²) >= 11 is 11.7. The lowest BCUT2D eigenvalue weighted by molar-refractivity contribution is -0.137. The van der Waals surface area contributed by atoms with E-state index in [0.717, 1.165) is 0 Å². The maximum atomic E-state index is 12.3. The van der Waals surface area contributed by atoms with Gasteiger partial charge in [0.1, 0.15) is 0 Å². The number of carbonyl (C=O) groups excluding carboxylic acids is 1. The molecule has 1 amide bonds. The van der Waals surface area contributed by atoms with Gasteiger partial charge in [0.2, 0.25) is 0 Å². The number of hydrogen-bond acceptors (Lipinski definition) is 2. The normalized spacial score (nSPS) is 10.6. The summed E-state index contributed by atoms with van der Waals surface area (Å²) in [5.41, 5.74) is 0.397. The van der Waals surface area contributed by atoms with Gasteiger partial charge in [0.05, 0.1) is 16.5 Å². The lowest BCUT2D eigenvalue weighted by Gasteiger charge is -2.26. The van der Waals surface area contributed by atoms with Gasteiger partial charge in [-0.25, -0.2) is 0 Å². The minimum atomic E-state index is -0.937. The number of carboxylic acids is 1. The second-order valence-corrected chi connectivity index (χ2v) is 5.18. The lowest BCUT2D eigenvalue weighted by Crippen LogP contribution is -2.38. The number of carboxylic acid groups (broad SMARTS) is 1. The van der Waals surface area contributed by atoms with Crippen molar-refractivity contribution in [2.24, 2.45) is 0 Å². The maximum absolute atomic E-state index is 12.3. The molecule has 1 N–H and O–H groups in total. The van der Waals surface area contributed by atoms with E-state index in [1.807, 2.05) is 13.8 Å². The molecule has 1 rings (SSSR count). The Hall–Kier alpha value is -1.26. The van der Waals surface area contributed by atoms with Gasteiger partial charge >= 0.3 is 5.97 Å². The van der Waals surface area contributed by atoms with Gasteiger partial charge in [0, 0.05) is 18.2 Å². The van der Waals surface area contributed by atoms with E-state index in [9.17, 15) is 9.59 Å². The van der Waals surface area contributed by atoms with Crippen LogP contribution in [0.4, 0.5) is 0 Å². The topological polar surface area (TPSA) is 57.6 Å². The molecule has 19 heavy (non-hydrogen) atoms. The Kier molecular flexibility index (Phi) is 5.63. The van der Waals surface area contributed by atoms with E-state index in [4.69, 9.17) is 28.3 Å². The van der Waals surface area contributed by atoms with Crippen molar-refractivity contribution in [2.75, 3.05) is 6.54 Å². The Morgan fingerprint density at radius 1 is 1.26 bits per heavy atom. The van der Waals surface area contributed by atoms with Crippen LogP contribution in [-0.4, -0.2) is 34.5 Å². The van der Waals surface area contributed by atoms with Gasteiger partial charge in [-0.3, -0.25) is 9.59 Å². The first-order chi connectivity index (χ1) is 8.82. The third kappa shape index (κ3) is 4.40. The third-order valence-corrected chi connectivity index (χ3v) is 3.36. The quantitative estimate of drug-likeness (QED) is 0.908. The van der Waals surface area contributed by atoms with Gasteiger partial charge < -0.3 is 10.0 Å². The number of rotatable bonds is 5. The number of benzene rings is 1. The smallest absolute Gasteiger partial charge is 0.305 e. The van der Waals surface area contributed by atoms with Crippen LogP contribution in [0.3, 0.4) is 0 Å². The molecule has 4 nitrogen and oxygen atoms in total. The van der Waals surface area contributed by atoms with E-state index in [0.29, 0.717) is 15.6 Å². The Bertz CT molecular complexity index is 489. The number of halogens is 2. The Labute approximate surface area is 121 Å². The molecule has 0 heterocycles. The summed E-state index contributed by atoms with van der Waals surface area (Å²) < 4.78 is 0. The van der Waals surface area contributed by atoms with Crippen LogP contribution in [0.2, 0.25) is 10.0 Å². The van der Waals surface area contributed by atoms with Gasteiger partial charge in [0.15, 0.2) is 0 Å². The average Bonchev–Trinajstić information content (AvgIpc) is 2.31. The molecule has 0 spiro atoms. The summed E-state index contributed by atoms with van der Waals surface area (Å²) in [5, 5.41) is 9.38.